The van der Waals surface area contributed by atoms with E-state index in [1.165, 1.54) is 31.5 Å². The van der Waals surface area contributed by atoms with Gasteiger partial charge in [0.1, 0.15) is 12.6 Å². The number of ether oxygens (including phenoxy) is 1. The molecule has 0 saturated heterocycles. The summed E-state index contributed by atoms with van der Waals surface area (Å²) in [6.45, 7) is 5.54. The summed E-state index contributed by atoms with van der Waals surface area (Å²) in [7, 11) is 1.34. The Kier molecular flexibility index (Phi) is 8.53. The first-order chi connectivity index (χ1) is 16.6. The van der Waals surface area contributed by atoms with Crippen molar-refractivity contribution in [3.05, 3.63) is 69.3 Å². The van der Waals surface area contributed by atoms with Crippen LogP contribution in [0.4, 0.5) is 0 Å². The molecule has 35 heavy (non-hydrogen) atoms. The molecule has 0 aliphatic heterocycles. The molecule has 1 heterocycles. The van der Waals surface area contributed by atoms with Crippen molar-refractivity contribution in [2.45, 2.75) is 33.4 Å². The van der Waals surface area contributed by atoms with Crippen molar-refractivity contribution in [1.29, 1.82) is 0 Å². The fraction of sp³-hybridized carbons (Fsp3) is 0.280. The van der Waals surface area contributed by atoms with Crippen LogP contribution in [0, 0.1) is 12.8 Å². The monoisotopic (exact) mass is 516 g/mol. The SMILES string of the molecule is COC(=O)Cn1c(C)c(/C=N\NC(=O)C(NC(=O)c2ccc(Cl)c(Cl)c2)C(C)C)c2ccccc21. The molecule has 3 rings (SSSR count). The summed E-state index contributed by atoms with van der Waals surface area (Å²) in [5.41, 5.74) is 5.19. The van der Waals surface area contributed by atoms with Crippen molar-refractivity contribution in [1.82, 2.24) is 15.3 Å². The van der Waals surface area contributed by atoms with Gasteiger partial charge < -0.3 is 14.6 Å². The Hall–Kier alpha value is -3.36. The van der Waals surface area contributed by atoms with Crippen molar-refractivity contribution in [2.75, 3.05) is 7.11 Å². The molecule has 10 heteroatoms. The molecule has 0 aliphatic carbocycles. The van der Waals surface area contributed by atoms with Crippen LogP contribution in [0.2, 0.25) is 10.0 Å². The van der Waals surface area contributed by atoms with Crippen LogP contribution in [0.15, 0.2) is 47.6 Å². The number of hydrogen-bond acceptors (Lipinski definition) is 5. The zero-order chi connectivity index (χ0) is 25.7. The van der Waals surface area contributed by atoms with E-state index in [0.29, 0.717) is 5.02 Å². The van der Waals surface area contributed by atoms with E-state index in [9.17, 15) is 14.4 Å². The Morgan fingerprint density at radius 1 is 1.11 bits per heavy atom. The lowest BCUT2D eigenvalue weighted by Gasteiger charge is -2.20. The number of hydrazone groups is 1. The number of esters is 1. The minimum absolute atomic E-state index is 0.0548. The minimum atomic E-state index is -0.837. The van der Waals surface area contributed by atoms with Crippen LogP contribution in [0.3, 0.4) is 0 Å². The summed E-state index contributed by atoms with van der Waals surface area (Å²) in [5.74, 6) is -1.51. The van der Waals surface area contributed by atoms with E-state index in [1.54, 1.807) is 0 Å². The van der Waals surface area contributed by atoms with Crippen molar-refractivity contribution < 1.29 is 19.1 Å². The summed E-state index contributed by atoms with van der Waals surface area (Å²) >= 11 is 11.9. The van der Waals surface area contributed by atoms with Crippen LogP contribution in [0.5, 0.6) is 0 Å². The Morgan fingerprint density at radius 3 is 2.49 bits per heavy atom. The number of carbonyl (C=O) groups excluding carboxylic acids is 3. The van der Waals surface area contributed by atoms with E-state index >= 15 is 0 Å². The molecule has 2 amide bonds. The van der Waals surface area contributed by atoms with Gasteiger partial charge in [0.2, 0.25) is 0 Å². The Bertz CT molecular complexity index is 1300. The maximum atomic E-state index is 12.8. The van der Waals surface area contributed by atoms with Crippen molar-refractivity contribution in [3.63, 3.8) is 0 Å². The largest absolute Gasteiger partial charge is 0.468 e. The van der Waals surface area contributed by atoms with E-state index in [4.69, 9.17) is 27.9 Å². The second kappa shape index (κ2) is 11.4. The van der Waals surface area contributed by atoms with Gasteiger partial charge in [0.15, 0.2) is 0 Å². The van der Waals surface area contributed by atoms with Crippen molar-refractivity contribution in [2.24, 2.45) is 11.0 Å². The Labute approximate surface area is 213 Å². The van der Waals surface area contributed by atoms with Crippen LogP contribution in [0.25, 0.3) is 10.9 Å². The van der Waals surface area contributed by atoms with Crippen molar-refractivity contribution in [3.8, 4) is 0 Å². The molecule has 0 aliphatic rings. The minimum Gasteiger partial charge on any atom is -0.468 e. The lowest BCUT2D eigenvalue weighted by molar-refractivity contribution is -0.141. The molecular weight excluding hydrogens is 491 g/mol. The number of methoxy groups -OCH3 is 1. The fourth-order valence-corrected chi connectivity index (χ4v) is 3.94. The van der Waals surface area contributed by atoms with Crippen molar-refractivity contribution >= 4 is 58.1 Å². The topological polar surface area (TPSA) is 102 Å². The van der Waals surface area contributed by atoms with Gasteiger partial charge in [-0.1, -0.05) is 55.2 Å². The number of amides is 2. The first kappa shape index (κ1) is 26.2. The van der Waals surface area contributed by atoms with E-state index in [0.717, 1.165) is 22.2 Å². The molecule has 0 spiro atoms. The van der Waals surface area contributed by atoms with Gasteiger partial charge in [0, 0.05) is 27.7 Å². The second-order valence-electron chi connectivity index (χ2n) is 8.24. The summed E-state index contributed by atoms with van der Waals surface area (Å²) in [6.07, 6.45) is 1.53. The molecule has 8 nitrogen and oxygen atoms in total. The number of hydrogen-bond donors (Lipinski definition) is 2. The highest BCUT2D eigenvalue weighted by molar-refractivity contribution is 6.42. The van der Waals surface area contributed by atoms with Gasteiger partial charge in [-0.25, -0.2) is 5.43 Å². The molecule has 0 bridgehead atoms. The number of carbonyl (C=O) groups is 3. The Morgan fingerprint density at radius 2 is 1.83 bits per heavy atom. The molecule has 0 radical (unpaired) electrons. The smallest absolute Gasteiger partial charge is 0.325 e. The fourth-order valence-electron chi connectivity index (χ4n) is 3.64. The van der Waals surface area contributed by atoms with Gasteiger partial charge in [-0.15, -0.1) is 0 Å². The van der Waals surface area contributed by atoms with Gasteiger partial charge in [-0.2, -0.15) is 5.10 Å². The number of fused-ring (bicyclic) bond motifs is 1. The number of benzene rings is 2. The average Bonchev–Trinajstić information content (AvgIpc) is 3.09. The lowest BCUT2D eigenvalue weighted by Crippen LogP contribution is -2.48. The quantitative estimate of drug-likeness (QED) is 0.264. The number of para-hydroxylation sites is 1. The summed E-state index contributed by atoms with van der Waals surface area (Å²) < 4.78 is 6.64. The van der Waals surface area contributed by atoms with E-state index in [1.807, 2.05) is 49.6 Å². The van der Waals surface area contributed by atoms with Crippen LogP contribution in [0.1, 0.15) is 35.5 Å². The van der Waals surface area contributed by atoms with Crippen LogP contribution >= 0.6 is 23.2 Å². The highest BCUT2D eigenvalue weighted by Crippen LogP contribution is 2.25. The van der Waals surface area contributed by atoms with E-state index in [-0.39, 0.29) is 29.0 Å². The molecule has 184 valence electrons. The highest BCUT2D eigenvalue weighted by atomic mass is 35.5. The predicted octanol–water partition coefficient (Wildman–Crippen LogP) is 4.33. The standard InChI is InChI=1S/C25H26Cl2N4O4/c1-14(2)23(29-24(33)16-9-10-19(26)20(27)11-16)25(34)30-28-12-18-15(3)31(13-22(32)35-4)21-8-6-5-7-17(18)21/h5-12,14,23H,13H2,1-4H3,(H,29,33)(H,30,34)/b28-12-. The molecule has 1 unspecified atom stereocenters. The first-order valence-corrected chi connectivity index (χ1v) is 11.6. The molecule has 0 saturated carbocycles. The molecular formula is C25H26Cl2N4O4. The maximum Gasteiger partial charge on any atom is 0.325 e. The number of halogens is 2. The third-order valence-corrected chi connectivity index (χ3v) is 6.32. The molecule has 0 fully saturated rings. The summed E-state index contributed by atoms with van der Waals surface area (Å²) in [4.78, 5) is 37.4. The lowest BCUT2D eigenvalue weighted by atomic mass is 10.0. The number of rotatable bonds is 8. The van der Waals surface area contributed by atoms with Gasteiger partial charge >= 0.3 is 5.97 Å². The summed E-state index contributed by atoms with van der Waals surface area (Å²) in [6, 6.07) is 11.2. The predicted molar refractivity (Wildman–Crippen MR) is 137 cm³/mol. The second-order valence-corrected chi connectivity index (χ2v) is 9.05. The van der Waals surface area contributed by atoms with Crippen LogP contribution in [-0.2, 0) is 20.9 Å². The van der Waals surface area contributed by atoms with Gasteiger partial charge in [0.05, 0.1) is 23.4 Å². The molecule has 2 N–H and O–H groups in total. The number of nitrogens with one attached hydrogen (secondary N) is 2. The first-order valence-electron chi connectivity index (χ1n) is 10.9. The number of aromatic nitrogens is 1. The van der Waals surface area contributed by atoms with Gasteiger partial charge in [-0.05, 0) is 37.1 Å². The highest BCUT2D eigenvalue weighted by Gasteiger charge is 2.25. The maximum absolute atomic E-state index is 12.8. The van der Waals surface area contributed by atoms with E-state index < -0.39 is 17.9 Å². The zero-order valence-corrected chi connectivity index (χ0v) is 21.3. The third kappa shape index (κ3) is 6.01. The summed E-state index contributed by atoms with van der Waals surface area (Å²) in [5, 5.41) is 8.30. The molecule has 3 aromatic rings. The third-order valence-electron chi connectivity index (χ3n) is 5.58. The zero-order valence-electron chi connectivity index (χ0n) is 19.8. The van der Waals surface area contributed by atoms with Crippen LogP contribution in [-0.4, -0.2) is 41.7 Å². The molecule has 2 aromatic carbocycles. The molecule has 1 aromatic heterocycles. The average molecular weight is 517 g/mol. The van der Waals surface area contributed by atoms with E-state index in [2.05, 4.69) is 15.8 Å². The van der Waals surface area contributed by atoms with Crippen LogP contribution < -0.4 is 10.7 Å². The number of nitrogens with zero attached hydrogens (tertiary/aromatic N) is 2. The van der Waals surface area contributed by atoms with Gasteiger partial charge in [-0.3, -0.25) is 14.4 Å². The van der Waals surface area contributed by atoms with Gasteiger partial charge in [0.25, 0.3) is 11.8 Å². The Balaban J connectivity index is 1.78. The normalized spacial score (nSPS) is 12.2. The molecule has 1 atom stereocenters.